The van der Waals surface area contributed by atoms with Crippen LogP contribution in [0.15, 0.2) is 30.5 Å². The summed E-state index contributed by atoms with van der Waals surface area (Å²) in [6.07, 6.45) is 5.47. The highest BCUT2D eigenvalue weighted by atomic mass is 16.2. The lowest BCUT2D eigenvalue weighted by Crippen LogP contribution is -2.34. The van der Waals surface area contributed by atoms with Crippen molar-refractivity contribution in [2.24, 2.45) is 0 Å². The number of aromatic nitrogens is 3. The number of H-pyrrole nitrogens is 1. The lowest BCUT2D eigenvalue weighted by atomic mass is 10.0. The van der Waals surface area contributed by atoms with E-state index in [0.29, 0.717) is 6.42 Å². The van der Waals surface area contributed by atoms with Crippen LogP contribution in [-0.2, 0) is 17.8 Å². The molecule has 2 aliphatic rings. The van der Waals surface area contributed by atoms with Gasteiger partial charge in [-0.2, -0.15) is 0 Å². The van der Waals surface area contributed by atoms with Crippen LogP contribution in [0.5, 0.6) is 0 Å². The minimum Gasteiger partial charge on any atom is -0.361 e. The summed E-state index contributed by atoms with van der Waals surface area (Å²) >= 11 is 0. The minimum atomic E-state index is 0.139. The van der Waals surface area contributed by atoms with Crippen molar-refractivity contribution in [2.75, 3.05) is 18.5 Å². The summed E-state index contributed by atoms with van der Waals surface area (Å²) in [5, 5.41) is 1.24. The second kappa shape index (κ2) is 6.71. The van der Waals surface area contributed by atoms with Crippen LogP contribution in [0.3, 0.4) is 0 Å². The molecule has 4 heterocycles. The fourth-order valence-corrected chi connectivity index (χ4v) is 4.58. The number of anilines is 1. The number of hydrogen-bond acceptors (Lipinski definition) is 4. The molecule has 0 saturated carbocycles. The number of carbonyl (C=O) groups excluding carboxylic acids is 1. The molecule has 1 atom stereocenters. The molecule has 2 aromatic heterocycles. The number of amides is 1. The molecule has 0 spiro atoms. The predicted octanol–water partition coefficient (Wildman–Crippen LogP) is 3.51. The van der Waals surface area contributed by atoms with Crippen LogP contribution < -0.4 is 4.90 Å². The van der Waals surface area contributed by atoms with Crippen molar-refractivity contribution in [3.05, 3.63) is 53.1 Å². The topological polar surface area (TPSA) is 65.1 Å². The van der Waals surface area contributed by atoms with Crippen molar-refractivity contribution >= 4 is 22.6 Å². The standard InChI is InChI=1S/C22H25N5O/c1-14-17-6-8-20(28)26(2)22(17)25-21(24-14)19-4-3-11-27(19)13-15-5-7-18-16(12-15)9-10-23-18/h5,7,9-10,12,19,23H,3-4,6,8,11,13H2,1-2H3. The van der Waals surface area contributed by atoms with Gasteiger partial charge in [0.1, 0.15) is 11.6 Å². The van der Waals surface area contributed by atoms with Gasteiger partial charge < -0.3 is 4.98 Å². The average Bonchev–Trinajstić information content (AvgIpc) is 3.34. The van der Waals surface area contributed by atoms with Crippen molar-refractivity contribution in [3.8, 4) is 0 Å². The van der Waals surface area contributed by atoms with E-state index in [1.54, 1.807) is 4.90 Å². The van der Waals surface area contributed by atoms with Crippen LogP contribution in [0.1, 0.15) is 47.9 Å². The molecule has 28 heavy (non-hydrogen) atoms. The molecule has 1 N–H and O–H groups in total. The van der Waals surface area contributed by atoms with Gasteiger partial charge in [0.25, 0.3) is 0 Å². The van der Waals surface area contributed by atoms with Crippen molar-refractivity contribution < 1.29 is 4.79 Å². The molecule has 1 fully saturated rings. The van der Waals surface area contributed by atoms with Gasteiger partial charge >= 0.3 is 0 Å². The zero-order valence-electron chi connectivity index (χ0n) is 16.4. The third-order valence-corrected chi connectivity index (χ3v) is 6.16. The Kier molecular flexibility index (Phi) is 4.16. The van der Waals surface area contributed by atoms with E-state index in [0.717, 1.165) is 55.3 Å². The predicted molar refractivity (Wildman–Crippen MR) is 109 cm³/mol. The van der Waals surface area contributed by atoms with E-state index in [-0.39, 0.29) is 11.9 Å². The zero-order chi connectivity index (χ0) is 19.3. The molecule has 5 rings (SSSR count). The highest BCUT2D eigenvalue weighted by Gasteiger charge is 2.31. The molecular formula is C22H25N5O. The summed E-state index contributed by atoms with van der Waals surface area (Å²) in [6, 6.07) is 8.92. The number of likely N-dealkylation sites (tertiary alicyclic amines) is 1. The lowest BCUT2D eigenvalue weighted by molar-refractivity contribution is -0.118. The van der Waals surface area contributed by atoms with Crippen molar-refractivity contribution in [1.29, 1.82) is 0 Å². The van der Waals surface area contributed by atoms with Crippen LogP contribution in [0.25, 0.3) is 10.9 Å². The summed E-state index contributed by atoms with van der Waals surface area (Å²) in [7, 11) is 1.83. The third-order valence-electron chi connectivity index (χ3n) is 6.16. The molecule has 6 nitrogen and oxygen atoms in total. The van der Waals surface area contributed by atoms with E-state index < -0.39 is 0 Å². The maximum Gasteiger partial charge on any atom is 0.228 e. The van der Waals surface area contributed by atoms with E-state index in [9.17, 15) is 4.79 Å². The second-order valence-corrected chi connectivity index (χ2v) is 7.95. The largest absolute Gasteiger partial charge is 0.361 e. The summed E-state index contributed by atoms with van der Waals surface area (Å²) < 4.78 is 0. The van der Waals surface area contributed by atoms with Crippen LogP contribution >= 0.6 is 0 Å². The van der Waals surface area contributed by atoms with Crippen molar-refractivity contribution in [3.63, 3.8) is 0 Å². The molecule has 2 aliphatic heterocycles. The lowest BCUT2D eigenvalue weighted by Gasteiger charge is -2.29. The van der Waals surface area contributed by atoms with E-state index in [4.69, 9.17) is 9.97 Å². The van der Waals surface area contributed by atoms with Crippen molar-refractivity contribution in [2.45, 2.75) is 45.2 Å². The summed E-state index contributed by atoms with van der Waals surface area (Å²) in [6.45, 7) is 3.98. The number of carbonyl (C=O) groups is 1. The van der Waals surface area contributed by atoms with Gasteiger partial charge in [0.05, 0.1) is 6.04 Å². The number of benzene rings is 1. The number of fused-ring (bicyclic) bond motifs is 2. The molecule has 6 heteroatoms. The Labute approximate surface area is 164 Å². The highest BCUT2D eigenvalue weighted by Crippen LogP contribution is 2.35. The molecule has 3 aromatic rings. The highest BCUT2D eigenvalue weighted by molar-refractivity contribution is 5.94. The van der Waals surface area contributed by atoms with E-state index in [2.05, 4.69) is 34.1 Å². The summed E-state index contributed by atoms with van der Waals surface area (Å²) in [4.78, 5) is 29.3. The molecule has 1 saturated heterocycles. The average molecular weight is 375 g/mol. The Morgan fingerprint density at radius 3 is 3.00 bits per heavy atom. The first kappa shape index (κ1) is 17.4. The number of aromatic amines is 1. The number of aryl methyl sites for hydroxylation is 1. The maximum atomic E-state index is 12.1. The molecule has 0 radical (unpaired) electrons. The van der Waals surface area contributed by atoms with Crippen LogP contribution in [0.2, 0.25) is 0 Å². The van der Waals surface area contributed by atoms with Gasteiger partial charge in [0, 0.05) is 43.0 Å². The number of nitrogens with one attached hydrogen (secondary N) is 1. The molecular weight excluding hydrogens is 350 g/mol. The van der Waals surface area contributed by atoms with Gasteiger partial charge in [0.2, 0.25) is 5.91 Å². The second-order valence-electron chi connectivity index (χ2n) is 7.95. The first-order valence-corrected chi connectivity index (χ1v) is 10.0. The van der Waals surface area contributed by atoms with Gasteiger partial charge in [-0.25, -0.2) is 9.97 Å². The van der Waals surface area contributed by atoms with Crippen LogP contribution in [0, 0.1) is 6.92 Å². The quantitative estimate of drug-likeness (QED) is 0.761. The van der Waals surface area contributed by atoms with E-state index >= 15 is 0 Å². The molecule has 1 unspecified atom stereocenters. The maximum absolute atomic E-state index is 12.1. The Morgan fingerprint density at radius 1 is 1.21 bits per heavy atom. The van der Waals surface area contributed by atoms with Gasteiger partial charge in [-0.15, -0.1) is 0 Å². The SMILES string of the molecule is Cc1nc(C2CCCN2Cc2ccc3[nH]ccc3c2)nc2c1CCC(=O)N2C. The first-order chi connectivity index (χ1) is 13.6. The fourth-order valence-electron chi connectivity index (χ4n) is 4.58. The van der Waals surface area contributed by atoms with Gasteiger partial charge in [-0.1, -0.05) is 6.07 Å². The molecule has 0 bridgehead atoms. The van der Waals surface area contributed by atoms with Gasteiger partial charge in [-0.05, 0) is 61.9 Å². The molecule has 144 valence electrons. The Hall–Kier alpha value is -2.73. The molecule has 1 aromatic carbocycles. The minimum absolute atomic E-state index is 0.139. The molecule has 0 aliphatic carbocycles. The summed E-state index contributed by atoms with van der Waals surface area (Å²) in [5.41, 5.74) is 4.61. The molecule has 1 amide bonds. The number of rotatable bonds is 3. The van der Waals surface area contributed by atoms with Crippen LogP contribution in [0.4, 0.5) is 5.82 Å². The first-order valence-electron chi connectivity index (χ1n) is 10.0. The Balaban J connectivity index is 1.45. The monoisotopic (exact) mass is 375 g/mol. The smallest absolute Gasteiger partial charge is 0.228 e. The number of nitrogens with zero attached hydrogens (tertiary/aromatic N) is 4. The van der Waals surface area contributed by atoms with Gasteiger partial charge in [0.15, 0.2) is 0 Å². The van der Waals surface area contributed by atoms with Crippen molar-refractivity contribution in [1.82, 2.24) is 19.9 Å². The summed E-state index contributed by atoms with van der Waals surface area (Å²) in [5.74, 6) is 1.80. The fraction of sp³-hybridized carbons (Fsp3) is 0.409. The third kappa shape index (κ3) is 2.88. The van der Waals surface area contributed by atoms with Gasteiger partial charge in [-0.3, -0.25) is 14.6 Å². The Bertz CT molecular complexity index is 1060. The zero-order valence-corrected chi connectivity index (χ0v) is 16.4. The number of hydrogen-bond donors (Lipinski definition) is 1. The van der Waals surface area contributed by atoms with E-state index in [1.165, 1.54) is 16.5 Å². The Morgan fingerprint density at radius 2 is 2.11 bits per heavy atom. The van der Waals surface area contributed by atoms with E-state index in [1.807, 2.05) is 20.2 Å². The normalized spacial score (nSPS) is 20.1. The van der Waals surface area contributed by atoms with Crippen LogP contribution in [-0.4, -0.2) is 39.4 Å².